The van der Waals surface area contributed by atoms with Gasteiger partial charge in [0.15, 0.2) is 5.57 Å². The first-order chi connectivity index (χ1) is 11.2. The molecule has 1 aliphatic heterocycles. The summed E-state index contributed by atoms with van der Waals surface area (Å²) in [5, 5.41) is 2.98. The van der Waals surface area contributed by atoms with E-state index in [1.54, 1.807) is 6.07 Å². The maximum absolute atomic E-state index is 11.9. The first-order valence-corrected chi connectivity index (χ1v) is 8.11. The lowest BCUT2D eigenvalue weighted by molar-refractivity contribution is -0.222. The van der Waals surface area contributed by atoms with E-state index in [1.807, 2.05) is 22.6 Å². The second-order valence-electron chi connectivity index (χ2n) is 5.16. The standard InChI is InChI=1S/C15H13ClINO6/c1-15(2)23-13(20)8(14(21)24-15)6-18-9-5-4-7(12(19)22-3)10(16)11(9)17/h4-6,18H,1-3H3. The van der Waals surface area contributed by atoms with Crippen LogP contribution in [-0.2, 0) is 23.8 Å². The molecule has 0 radical (unpaired) electrons. The highest BCUT2D eigenvalue weighted by Gasteiger charge is 2.39. The highest BCUT2D eigenvalue weighted by atomic mass is 127. The van der Waals surface area contributed by atoms with E-state index in [1.165, 1.54) is 33.2 Å². The molecule has 128 valence electrons. The predicted molar refractivity (Wildman–Crippen MR) is 93.5 cm³/mol. The van der Waals surface area contributed by atoms with Crippen molar-refractivity contribution in [2.75, 3.05) is 12.4 Å². The molecule has 0 saturated carbocycles. The number of anilines is 1. The number of hydrogen-bond donors (Lipinski definition) is 1. The van der Waals surface area contributed by atoms with Gasteiger partial charge < -0.3 is 19.5 Å². The summed E-state index contributed by atoms with van der Waals surface area (Å²) >= 11 is 8.06. The third-order valence-corrected chi connectivity index (χ3v) is 4.81. The van der Waals surface area contributed by atoms with E-state index in [0.717, 1.165) is 0 Å². The van der Waals surface area contributed by atoms with E-state index in [-0.39, 0.29) is 16.2 Å². The molecule has 7 nitrogen and oxygen atoms in total. The van der Waals surface area contributed by atoms with Gasteiger partial charge in [0.05, 0.1) is 27.0 Å². The number of esters is 3. The Morgan fingerprint density at radius 2 is 1.88 bits per heavy atom. The van der Waals surface area contributed by atoms with Crippen molar-refractivity contribution < 1.29 is 28.6 Å². The molecule has 24 heavy (non-hydrogen) atoms. The average molecular weight is 466 g/mol. The molecule has 0 spiro atoms. The minimum Gasteiger partial charge on any atom is -0.465 e. The van der Waals surface area contributed by atoms with Crippen molar-refractivity contribution >= 4 is 57.8 Å². The second kappa shape index (κ2) is 6.98. The molecule has 0 atom stereocenters. The molecule has 9 heteroatoms. The fourth-order valence-electron chi connectivity index (χ4n) is 1.86. The number of cyclic esters (lactones) is 2. The van der Waals surface area contributed by atoms with Gasteiger partial charge in [-0.3, -0.25) is 0 Å². The highest BCUT2D eigenvalue weighted by Crippen LogP contribution is 2.31. The Bertz CT molecular complexity index is 737. The van der Waals surface area contributed by atoms with Crippen LogP contribution < -0.4 is 5.32 Å². The largest absolute Gasteiger partial charge is 0.465 e. The number of rotatable bonds is 3. The molecular weight excluding hydrogens is 453 g/mol. The molecule has 1 fully saturated rings. The Morgan fingerprint density at radius 3 is 2.42 bits per heavy atom. The van der Waals surface area contributed by atoms with Crippen LogP contribution in [0.3, 0.4) is 0 Å². The fraction of sp³-hybridized carbons (Fsp3) is 0.267. The summed E-state index contributed by atoms with van der Waals surface area (Å²) in [6, 6.07) is 3.04. The van der Waals surface area contributed by atoms with Gasteiger partial charge in [0, 0.05) is 20.0 Å². The lowest BCUT2D eigenvalue weighted by Crippen LogP contribution is -2.42. The third-order valence-electron chi connectivity index (χ3n) is 2.98. The molecule has 0 bridgehead atoms. The molecule has 1 saturated heterocycles. The molecular formula is C15H13ClINO6. The van der Waals surface area contributed by atoms with Crippen molar-refractivity contribution in [2.24, 2.45) is 0 Å². The number of methoxy groups -OCH3 is 1. The van der Waals surface area contributed by atoms with Gasteiger partial charge in [-0.05, 0) is 34.7 Å². The number of carbonyl (C=O) groups excluding carboxylic acids is 3. The van der Waals surface area contributed by atoms with Crippen LogP contribution in [0.2, 0.25) is 5.02 Å². The van der Waals surface area contributed by atoms with Crippen LogP contribution in [0.5, 0.6) is 0 Å². The summed E-state index contributed by atoms with van der Waals surface area (Å²) < 4.78 is 15.1. The average Bonchev–Trinajstić information content (AvgIpc) is 2.48. The molecule has 0 aliphatic carbocycles. The van der Waals surface area contributed by atoms with Gasteiger partial charge in [-0.15, -0.1) is 0 Å². The number of nitrogens with one attached hydrogen (secondary N) is 1. The van der Waals surface area contributed by atoms with Crippen molar-refractivity contribution in [1.29, 1.82) is 0 Å². The van der Waals surface area contributed by atoms with Gasteiger partial charge in [0.25, 0.3) is 5.79 Å². The quantitative estimate of drug-likeness (QED) is 0.318. The third kappa shape index (κ3) is 3.81. The topological polar surface area (TPSA) is 90.9 Å². The minimum absolute atomic E-state index is 0.195. The van der Waals surface area contributed by atoms with Crippen LogP contribution in [0.1, 0.15) is 24.2 Å². The van der Waals surface area contributed by atoms with Crippen LogP contribution in [0.4, 0.5) is 5.69 Å². The van der Waals surface area contributed by atoms with Crippen LogP contribution in [0.25, 0.3) is 0 Å². The molecule has 1 N–H and O–H groups in total. The molecule has 0 amide bonds. The van der Waals surface area contributed by atoms with Crippen molar-refractivity contribution in [3.8, 4) is 0 Å². The SMILES string of the molecule is COC(=O)c1ccc(NC=C2C(=O)OC(C)(C)OC2=O)c(I)c1Cl. The maximum atomic E-state index is 11.9. The summed E-state index contributed by atoms with van der Waals surface area (Å²) in [5.74, 6) is -3.46. The van der Waals surface area contributed by atoms with E-state index >= 15 is 0 Å². The van der Waals surface area contributed by atoms with Crippen LogP contribution >= 0.6 is 34.2 Å². The van der Waals surface area contributed by atoms with E-state index in [4.69, 9.17) is 21.1 Å². The zero-order valence-corrected chi connectivity index (χ0v) is 15.9. The first-order valence-electron chi connectivity index (χ1n) is 6.66. The minimum atomic E-state index is -1.30. The Kier molecular flexibility index (Phi) is 5.38. The lowest BCUT2D eigenvalue weighted by Gasteiger charge is -2.29. The number of halogens is 2. The summed E-state index contributed by atoms with van der Waals surface area (Å²) in [7, 11) is 1.25. The molecule has 1 heterocycles. The predicted octanol–water partition coefficient (Wildman–Crippen LogP) is 2.86. The van der Waals surface area contributed by atoms with Crippen molar-refractivity contribution in [3.05, 3.63) is 38.1 Å². The monoisotopic (exact) mass is 465 g/mol. The first kappa shape index (κ1) is 18.5. The molecule has 1 aromatic rings. The van der Waals surface area contributed by atoms with Gasteiger partial charge >= 0.3 is 17.9 Å². The van der Waals surface area contributed by atoms with Gasteiger partial charge in [-0.2, -0.15) is 0 Å². The number of benzene rings is 1. The highest BCUT2D eigenvalue weighted by molar-refractivity contribution is 14.1. The zero-order chi connectivity index (χ0) is 18.1. The summed E-state index contributed by atoms with van der Waals surface area (Å²) in [5.41, 5.74) is 0.421. The molecule has 1 aromatic carbocycles. The van der Waals surface area contributed by atoms with Crippen LogP contribution in [0, 0.1) is 3.57 Å². The van der Waals surface area contributed by atoms with Gasteiger partial charge in [0.1, 0.15) is 0 Å². The second-order valence-corrected chi connectivity index (χ2v) is 6.62. The number of ether oxygens (including phenoxy) is 3. The molecule has 0 aromatic heterocycles. The summed E-state index contributed by atoms with van der Waals surface area (Å²) in [6.07, 6.45) is 1.17. The molecule has 1 aliphatic rings. The Balaban J connectivity index is 2.26. The van der Waals surface area contributed by atoms with Crippen molar-refractivity contribution in [2.45, 2.75) is 19.6 Å². The van der Waals surface area contributed by atoms with Gasteiger partial charge in [-0.1, -0.05) is 11.6 Å². The van der Waals surface area contributed by atoms with E-state index in [2.05, 4.69) is 10.1 Å². The van der Waals surface area contributed by atoms with E-state index < -0.39 is 23.7 Å². The van der Waals surface area contributed by atoms with Crippen LogP contribution in [0.15, 0.2) is 23.9 Å². The van der Waals surface area contributed by atoms with Crippen molar-refractivity contribution in [3.63, 3.8) is 0 Å². The number of hydrogen-bond acceptors (Lipinski definition) is 7. The fourth-order valence-corrected chi connectivity index (χ4v) is 2.72. The maximum Gasteiger partial charge on any atom is 0.350 e. The lowest BCUT2D eigenvalue weighted by atomic mass is 10.2. The van der Waals surface area contributed by atoms with E-state index in [0.29, 0.717) is 9.26 Å². The van der Waals surface area contributed by atoms with Crippen molar-refractivity contribution in [1.82, 2.24) is 0 Å². The van der Waals surface area contributed by atoms with Gasteiger partial charge in [-0.25, -0.2) is 14.4 Å². The Labute approximate surface area is 156 Å². The smallest absolute Gasteiger partial charge is 0.350 e. The summed E-state index contributed by atoms with van der Waals surface area (Å²) in [6.45, 7) is 2.92. The molecule has 0 unspecified atom stereocenters. The van der Waals surface area contributed by atoms with Gasteiger partial charge in [0.2, 0.25) is 0 Å². The van der Waals surface area contributed by atoms with E-state index in [9.17, 15) is 14.4 Å². The Morgan fingerprint density at radius 1 is 1.29 bits per heavy atom. The summed E-state index contributed by atoms with van der Waals surface area (Å²) in [4.78, 5) is 35.3. The Hall–Kier alpha value is -1.81. The molecule has 2 rings (SSSR count). The normalized spacial score (nSPS) is 16.1. The van der Waals surface area contributed by atoms with Crippen LogP contribution in [-0.4, -0.2) is 30.8 Å². The number of carbonyl (C=O) groups is 3. The zero-order valence-electron chi connectivity index (χ0n) is 12.9.